The first-order valence-corrected chi connectivity index (χ1v) is 7.41. The van der Waals surface area contributed by atoms with Crippen LogP contribution in [0.3, 0.4) is 0 Å². The average Bonchev–Trinajstić information content (AvgIpc) is 2.63. The number of nitrogens with zero attached hydrogens (tertiary/aromatic N) is 2. The molecule has 0 aromatic heterocycles. The molecule has 2 rings (SSSR count). The van der Waals surface area contributed by atoms with Gasteiger partial charge in [-0.15, -0.1) is 0 Å². The second-order valence-corrected chi connectivity index (χ2v) is 6.26. The van der Waals surface area contributed by atoms with Gasteiger partial charge in [-0.1, -0.05) is 6.42 Å². The van der Waals surface area contributed by atoms with E-state index >= 15 is 0 Å². The number of carbonyl (C=O) groups is 2. The van der Waals surface area contributed by atoms with Crippen LogP contribution in [0, 0.1) is 5.41 Å². The average molecular weight is 283 g/mol. The molecule has 1 heterocycles. The zero-order valence-corrected chi connectivity index (χ0v) is 12.4. The van der Waals surface area contributed by atoms with Gasteiger partial charge in [-0.3, -0.25) is 4.79 Å². The number of likely N-dealkylation sites (N-methyl/N-ethyl adjacent to an activating group) is 1. The molecule has 0 aromatic carbocycles. The van der Waals surface area contributed by atoms with Gasteiger partial charge in [-0.2, -0.15) is 0 Å². The van der Waals surface area contributed by atoms with E-state index in [1.54, 1.807) is 6.92 Å². The van der Waals surface area contributed by atoms with Crippen molar-refractivity contribution in [2.75, 3.05) is 33.2 Å². The number of aliphatic carboxylic acids is 1. The molecule has 2 amide bonds. The predicted octanol–water partition coefficient (Wildman–Crippen LogP) is 0.977. The SMILES string of the molecule is CN1CCCN(C(=O)NC2CCCC2(C)C(=O)O)CC1. The first kappa shape index (κ1) is 15.1. The quantitative estimate of drug-likeness (QED) is 0.792. The summed E-state index contributed by atoms with van der Waals surface area (Å²) in [4.78, 5) is 27.8. The molecule has 2 aliphatic rings. The first-order chi connectivity index (χ1) is 9.43. The Bertz CT molecular complexity index is 388. The fraction of sp³-hybridized carbons (Fsp3) is 0.857. The number of hydrogen-bond donors (Lipinski definition) is 2. The molecule has 0 radical (unpaired) electrons. The number of amides is 2. The Morgan fingerprint density at radius 2 is 1.95 bits per heavy atom. The van der Waals surface area contributed by atoms with E-state index in [4.69, 9.17) is 0 Å². The summed E-state index contributed by atoms with van der Waals surface area (Å²) >= 11 is 0. The van der Waals surface area contributed by atoms with Crippen LogP contribution in [0.25, 0.3) is 0 Å². The number of carboxylic acid groups (broad SMARTS) is 1. The minimum absolute atomic E-state index is 0.111. The molecule has 2 atom stereocenters. The lowest BCUT2D eigenvalue weighted by Crippen LogP contribution is -2.52. The second-order valence-electron chi connectivity index (χ2n) is 6.26. The highest BCUT2D eigenvalue weighted by Gasteiger charge is 2.46. The van der Waals surface area contributed by atoms with Gasteiger partial charge in [-0.05, 0) is 39.8 Å². The number of hydrogen-bond acceptors (Lipinski definition) is 3. The van der Waals surface area contributed by atoms with Crippen molar-refractivity contribution in [3.63, 3.8) is 0 Å². The lowest BCUT2D eigenvalue weighted by atomic mass is 9.85. The van der Waals surface area contributed by atoms with Crippen molar-refractivity contribution in [3.05, 3.63) is 0 Å². The molecule has 1 saturated heterocycles. The summed E-state index contributed by atoms with van der Waals surface area (Å²) in [5.74, 6) is -0.809. The molecule has 114 valence electrons. The van der Waals surface area contributed by atoms with Crippen LogP contribution in [-0.4, -0.2) is 66.2 Å². The molecule has 1 aliphatic heterocycles. The van der Waals surface area contributed by atoms with Crippen molar-refractivity contribution in [1.82, 2.24) is 15.1 Å². The standard InChI is InChI=1S/C14H25N3O3/c1-14(12(18)19)6-3-5-11(14)15-13(20)17-8-4-7-16(2)9-10-17/h11H,3-10H2,1-2H3,(H,15,20)(H,18,19). The molecule has 20 heavy (non-hydrogen) atoms. The van der Waals surface area contributed by atoms with Gasteiger partial charge in [0, 0.05) is 25.7 Å². The van der Waals surface area contributed by atoms with Gasteiger partial charge in [0.2, 0.25) is 0 Å². The van der Waals surface area contributed by atoms with Crippen molar-refractivity contribution in [1.29, 1.82) is 0 Å². The number of rotatable bonds is 2. The Hall–Kier alpha value is -1.30. The van der Waals surface area contributed by atoms with Crippen molar-refractivity contribution in [2.45, 2.75) is 38.6 Å². The van der Waals surface area contributed by atoms with Crippen LogP contribution >= 0.6 is 0 Å². The summed E-state index contributed by atoms with van der Waals surface area (Å²) in [6.07, 6.45) is 3.21. The number of carboxylic acids is 1. The summed E-state index contributed by atoms with van der Waals surface area (Å²) in [7, 11) is 2.06. The van der Waals surface area contributed by atoms with Gasteiger partial charge in [-0.25, -0.2) is 4.79 Å². The van der Waals surface area contributed by atoms with Crippen LogP contribution in [0.1, 0.15) is 32.6 Å². The summed E-state index contributed by atoms with van der Waals surface area (Å²) < 4.78 is 0. The molecule has 2 N–H and O–H groups in total. The lowest BCUT2D eigenvalue weighted by molar-refractivity contribution is -0.148. The Morgan fingerprint density at radius 1 is 1.20 bits per heavy atom. The molecule has 6 nitrogen and oxygen atoms in total. The van der Waals surface area contributed by atoms with Crippen molar-refractivity contribution in [3.8, 4) is 0 Å². The van der Waals surface area contributed by atoms with E-state index in [2.05, 4.69) is 17.3 Å². The maximum Gasteiger partial charge on any atom is 0.317 e. The molecule has 0 aromatic rings. The van der Waals surface area contributed by atoms with Gasteiger partial charge >= 0.3 is 12.0 Å². The zero-order chi connectivity index (χ0) is 14.8. The molecule has 1 saturated carbocycles. The van der Waals surface area contributed by atoms with Gasteiger partial charge < -0.3 is 20.2 Å². The fourth-order valence-electron chi connectivity index (χ4n) is 3.14. The molecule has 1 aliphatic carbocycles. The van der Waals surface area contributed by atoms with Gasteiger partial charge in [0.1, 0.15) is 0 Å². The van der Waals surface area contributed by atoms with Gasteiger partial charge in [0.25, 0.3) is 0 Å². The molecule has 6 heteroatoms. The van der Waals surface area contributed by atoms with Crippen LogP contribution in [0.15, 0.2) is 0 Å². The van der Waals surface area contributed by atoms with Crippen LogP contribution in [-0.2, 0) is 4.79 Å². The third kappa shape index (κ3) is 3.06. The third-order valence-corrected chi connectivity index (χ3v) is 4.75. The van der Waals surface area contributed by atoms with E-state index in [0.29, 0.717) is 13.0 Å². The van der Waals surface area contributed by atoms with Gasteiger partial charge in [0.05, 0.1) is 5.41 Å². The number of nitrogens with one attached hydrogen (secondary N) is 1. The normalized spacial score (nSPS) is 31.9. The molecule has 0 spiro atoms. The Balaban J connectivity index is 1.95. The smallest absolute Gasteiger partial charge is 0.317 e. The highest BCUT2D eigenvalue weighted by molar-refractivity contribution is 5.79. The lowest BCUT2D eigenvalue weighted by Gasteiger charge is -2.30. The summed E-state index contributed by atoms with van der Waals surface area (Å²) in [5, 5.41) is 12.3. The summed E-state index contributed by atoms with van der Waals surface area (Å²) in [6, 6.07) is -0.367. The van der Waals surface area contributed by atoms with Gasteiger partial charge in [0.15, 0.2) is 0 Å². The highest BCUT2D eigenvalue weighted by Crippen LogP contribution is 2.38. The largest absolute Gasteiger partial charge is 0.481 e. The molecule has 0 bridgehead atoms. The van der Waals surface area contributed by atoms with Crippen molar-refractivity contribution >= 4 is 12.0 Å². The number of carbonyl (C=O) groups excluding carboxylic acids is 1. The van der Waals surface area contributed by atoms with Crippen LogP contribution < -0.4 is 5.32 Å². The van der Waals surface area contributed by atoms with Crippen LogP contribution in [0.4, 0.5) is 4.79 Å². The Labute approximate surface area is 120 Å². The van der Waals surface area contributed by atoms with Crippen LogP contribution in [0.5, 0.6) is 0 Å². The number of urea groups is 1. The minimum Gasteiger partial charge on any atom is -0.481 e. The predicted molar refractivity (Wildman–Crippen MR) is 75.6 cm³/mol. The minimum atomic E-state index is -0.821. The maximum absolute atomic E-state index is 12.3. The summed E-state index contributed by atoms with van der Waals surface area (Å²) in [5.41, 5.74) is -0.821. The van der Waals surface area contributed by atoms with E-state index in [-0.39, 0.29) is 12.1 Å². The van der Waals surface area contributed by atoms with Crippen molar-refractivity contribution < 1.29 is 14.7 Å². The highest BCUT2D eigenvalue weighted by atomic mass is 16.4. The third-order valence-electron chi connectivity index (χ3n) is 4.75. The molecular formula is C14H25N3O3. The van der Waals surface area contributed by atoms with E-state index in [0.717, 1.165) is 38.9 Å². The molecule has 2 unspecified atom stereocenters. The first-order valence-electron chi connectivity index (χ1n) is 7.41. The van der Waals surface area contributed by atoms with E-state index in [1.165, 1.54) is 0 Å². The monoisotopic (exact) mass is 283 g/mol. The zero-order valence-electron chi connectivity index (χ0n) is 12.4. The fourth-order valence-corrected chi connectivity index (χ4v) is 3.14. The van der Waals surface area contributed by atoms with Crippen LogP contribution in [0.2, 0.25) is 0 Å². The summed E-state index contributed by atoms with van der Waals surface area (Å²) in [6.45, 7) is 5.06. The Kier molecular flexibility index (Phi) is 4.52. The topological polar surface area (TPSA) is 72.9 Å². The Morgan fingerprint density at radius 3 is 2.65 bits per heavy atom. The molecular weight excluding hydrogens is 258 g/mol. The second kappa shape index (κ2) is 5.99. The van der Waals surface area contributed by atoms with E-state index in [9.17, 15) is 14.7 Å². The maximum atomic E-state index is 12.3. The van der Waals surface area contributed by atoms with E-state index in [1.807, 2.05) is 4.90 Å². The van der Waals surface area contributed by atoms with E-state index < -0.39 is 11.4 Å². The van der Waals surface area contributed by atoms with Crippen molar-refractivity contribution in [2.24, 2.45) is 5.41 Å². The molecule has 2 fully saturated rings.